The molecule has 4 rings (SSSR count). The number of phenolic OH excluding ortho intramolecular Hbond substituents is 1. The summed E-state index contributed by atoms with van der Waals surface area (Å²) in [6, 6.07) is 15.8. The average molecular weight is 350 g/mol. The van der Waals surface area contributed by atoms with E-state index in [4.69, 9.17) is 4.98 Å². The van der Waals surface area contributed by atoms with Gasteiger partial charge in [0, 0.05) is 31.7 Å². The standard InChI is InChI=1S/C21H26N4O/c1-2-23-11-13-24(14-12-23)16-21-22-18-8-4-5-9-19(18)25(21)15-17-7-3-6-10-20(17)26/h3-10,26H,2,11-16H2,1H3. The lowest BCUT2D eigenvalue weighted by atomic mass is 10.2. The lowest BCUT2D eigenvalue weighted by Gasteiger charge is -2.33. The van der Waals surface area contributed by atoms with Crippen LogP contribution in [0.4, 0.5) is 0 Å². The summed E-state index contributed by atoms with van der Waals surface area (Å²) < 4.78 is 2.25. The predicted octanol–water partition coefficient (Wildman–Crippen LogP) is 2.93. The molecule has 1 aliphatic rings. The van der Waals surface area contributed by atoms with Gasteiger partial charge in [0.05, 0.1) is 24.1 Å². The van der Waals surface area contributed by atoms with Gasteiger partial charge in [-0.3, -0.25) is 4.90 Å². The monoisotopic (exact) mass is 350 g/mol. The highest BCUT2D eigenvalue weighted by atomic mass is 16.3. The molecule has 0 unspecified atom stereocenters. The first-order valence-corrected chi connectivity index (χ1v) is 9.40. The molecule has 1 saturated heterocycles. The Bertz CT molecular complexity index is 881. The maximum atomic E-state index is 10.2. The molecule has 0 saturated carbocycles. The van der Waals surface area contributed by atoms with Gasteiger partial charge in [-0.15, -0.1) is 0 Å². The van der Waals surface area contributed by atoms with E-state index in [-0.39, 0.29) is 0 Å². The Balaban J connectivity index is 1.63. The van der Waals surface area contributed by atoms with E-state index in [0.29, 0.717) is 12.3 Å². The van der Waals surface area contributed by atoms with Crippen molar-refractivity contribution < 1.29 is 5.11 Å². The molecular formula is C21H26N4O. The molecule has 1 fully saturated rings. The Labute approximate surface area is 154 Å². The average Bonchev–Trinajstić information content (AvgIpc) is 3.01. The summed E-state index contributed by atoms with van der Waals surface area (Å²) >= 11 is 0. The van der Waals surface area contributed by atoms with E-state index < -0.39 is 0 Å². The van der Waals surface area contributed by atoms with Crippen molar-refractivity contribution in [1.29, 1.82) is 0 Å². The molecule has 5 nitrogen and oxygen atoms in total. The predicted molar refractivity (Wildman–Crippen MR) is 104 cm³/mol. The number of hydrogen-bond donors (Lipinski definition) is 1. The van der Waals surface area contributed by atoms with Crippen molar-refractivity contribution in [1.82, 2.24) is 19.4 Å². The maximum Gasteiger partial charge on any atom is 0.124 e. The first-order chi connectivity index (χ1) is 12.7. The topological polar surface area (TPSA) is 44.5 Å². The van der Waals surface area contributed by atoms with Gasteiger partial charge in [-0.1, -0.05) is 37.3 Å². The molecule has 2 aromatic carbocycles. The minimum absolute atomic E-state index is 0.341. The summed E-state index contributed by atoms with van der Waals surface area (Å²) in [5, 5.41) is 10.2. The molecule has 0 spiro atoms. The molecule has 1 N–H and O–H groups in total. The molecule has 136 valence electrons. The number of rotatable bonds is 5. The number of aromatic hydroxyl groups is 1. The Morgan fingerprint density at radius 1 is 0.885 bits per heavy atom. The molecule has 1 aromatic heterocycles. The third kappa shape index (κ3) is 3.45. The molecule has 0 aliphatic carbocycles. The van der Waals surface area contributed by atoms with Gasteiger partial charge in [0.1, 0.15) is 11.6 Å². The largest absolute Gasteiger partial charge is 0.508 e. The number of benzene rings is 2. The highest BCUT2D eigenvalue weighted by Gasteiger charge is 2.19. The Morgan fingerprint density at radius 3 is 2.35 bits per heavy atom. The third-order valence-electron chi connectivity index (χ3n) is 5.33. The van der Waals surface area contributed by atoms with Crippen molar-refractivity contribution in [2.45, 2.75) is 20.0 Å². The first-order valence-electron chi connectivity index (χ1n) is 9.40. The van der Waals surface area contributed by atoms with E-state index in [1.807, 2.05) is 24.3 Å². The van der Waals surface area contributed by atoms with Crippen LogP contribution in [0.2, 0.25) is 0 Å². The molecule has 0 amide bonds. The summed E-state index contributed by atoms with van der Waals surface area (Å²) in [6.07, 6.45) is 0. The highest BCUT2D eigenvalue weighted by Crippen LogP contribution is 2.23. The van der Waals surface area contributed by atoms with Crippen LogP contribution in [0.5, 0.6) is 5.75 Å². The second kappa shape index (κ2) is 7.48. The van der Waals surface area contributed by atoms with Gasteiger partial charge in [0.25, 0.3) is 0 Å². The lowest BCUT2D eigenvalue weighted by molar-refractivity contribution is 0.129. The Morgan fingerprint density at radius 2 is 1.58 bits per heavy atom. The Kier molecular flexibility index (Phi) is 4.91. The van der Waals surface area contributed by atoms with Gasteiger partial charge in [0.15, 0.2) is 0 Å². The van der Waals surface area contributed by atoms with Crippen LogP contribution in [-0.2, 0) is 13.1 Å². The summed E-state index contributed by atoms with van der Waals surface area (Å²) in [5.41, 5.74) is 3.07. The zero-order valence-electron chi connectivity index (χ0n) is 15.3. The number of aromatic nitrogens is 2. The molecule has 3 aromatic rings. The van der Waals surface area contributed by atoms with E-state index >= 15 is 0 Å². The number of imidazole rings is 1. The van der Waals surface area contributed by atoms with Crippen LogP contribution in [0.15, 0.2) is 48.5 Å². The molecule has 2 heterocycles. The number of piperazine rings is 1. The molecular weight excluding hydrogens is 324 g/mol. The summed E-state index contributed by atoms with van der Waals surface area (Å²) in [5.74, 6) is 1.41. The smallest absolute Gasteiger partial charge is 0.124 e. The van der Waals surface area contributed by atoms with Crippen LogP contribution in [0, 0.1) is 0 Å². The number of nitrogens with zero attached hydrogens (tertiary/aromatic N) is 4. The van der Waals surface area contributed by atoms with Crippen molar-refractivity contribution >= 4 is 11.0 Å². The van der Waals surface area contributed by atoms with E-state index in [1.54, 1.807) is 6.07 Å². The van der Waals surface area contributed by atoms with Crippen LogP contribution in [0.25, 0.3) is 11.0 Å². The first kappa shape index (κ1) is 17.1. The van der Waals surface area contributed by atoms with Crippen molar-refractivity contribution in [3.05, 3.63) is 59.9 Å². The van der Waals surface area contributed by atoms with E-state index in [0.717, 1.165) is 61.7 Å². The molecule has 1 aliphatic heterocycles. The Hall–Kier alpha value is -2.37. The van der Waals surface area contributed by atoms with Crippen LogP contribution < -0.4 is 0 Å². The van der Waals surface area contributed by atoms with E-state index in [2.05, 4.69) is 39.5 Å². The fraction of sp³-hybridized carbons (Fsp3) is 0.381. The number of fused-ring (bicyclic) bond motifs is 1. The molecule has 0 atom stereocenters. The zero-order chi connectivity index (χ0) is 17.9. The van der Waals surface area contributed by atoms with Gasteiger partial charge in [-0.2, -0.15) is 0 Å². The number of phenols is 1. The van der Waals surface area contributed by atoms with Crippen molar-refractivity contribution in [3.8, 4) is 5.75 Å². The fourth-order valence-corrected chi connectivity index (χ4v) is 3.70. The quantitative estimate of drug-likeness (QED) is 0.768. The minimum Gasteiger partial charge on any atom is -0.508 e. The second-order valence-corrected chi connectivity index (χ2v) is 6.94. The normalized spacial score (nSPS) is 16.3. The van der Waals surface area contributed by atoms with Crippen LogP contribution in [0.3, 0.4) is 0 Å². The van der Waals surface area contributed by atoms with Crippen molar-refractivity contribution in [3.63, 3.8) is 0 Å². The van der Waals surface area contributed by atoms with Gasteiger partial charge in [0.2, 0.25) is 0 Å². The highest BCUT2D eigenvalue weighted by molar-refractivity contribution is 5.76. The number of para-hydroxylation sites is 3. The van der Waals surface area contributed by atoms with Crippen LogP contribution >= 0.6 is 0 Å². The third-order valence-corrected chi connectivity index (χ3v) is 5.33. The van der Waals surface area contributed by atoms with E-state index in [9.17, 15) is 5.11 Å². The van der Waals surface area contributed by atoms with Crippen molar-refractivity contribution in [2.75, 3.05) is 32.7 Å². The number of likely N-dealkylation sites (N-methyl/N-ethyl adjacent to an activating group) is 1. The van der Waals surface area contributed by atoms with Gasteiger partial charge in [-0.05, 0) is 24.7 Å². The summed E-state index contributed by atoms with van der Waals surface area (Å²) in [6.45, 7) is 9.23. The molecule has 5 heteroatoms. The molecule has 0 radical (unpaired) electrons. The van der Waals surface area contributed by atoms with Gasteiger partial charge in [-0.25, -0.2) is 4.98 Å². The summed E-state index contributed by atoms with van der Waals surface area (Å²) in [4.78, 5) is 9.87. The van der Waals surface area contributed by atoms with Crippen LogP contribution in [0.1, 0.15) is 18.3 Å². The van der Waals surface area contributed by atoms with E-state index in [1.165, 1.54) is 0 Å². The minimum atomic E-state index is 0.341. The lowest BCUT2D eigenvalue weighted by Crippen LogP contribution is -2.45. The van der Waals surface area contributed by atoms with Gasteiger partial charge >= 0.3 is 0 Å². The molecule has 26 heavy (non-hydrogen) atoms. The van der Waals surface area contributed by atoms with Crippen LogP contribution in [-0.4, -0.2) is 57.2 Å². The second-order valence-electron chi connectivity index (χ2n) is 6.94. The summed E-state index contributed by atoms with van der Waals surface area (Å²) in [7, 11) is 0. The van der Waals surface area contributed by atoms with Crippen molar-refractivity contribution in [2.24, 2.45) is 0 Å². The maximum absolute atomic E-state index is 10.2. The zero-order valence-corrected chi connectivity index (χ0v) is 15.3. The fourth-order valence-electron chi connectivity index (χ4n) is 3.70. The SMILES string of the molecule is CCN1CCN(Cc2nc3ccccc3n2Cc2ccccc2O)CC1. The van der Waals surface area contributed by atoms with Gasteiger partial charge < -0.3 is 14.6 Å². The number of hydrogen-bond acceptors (Lipinski definition) is 4. The molecule has 0 bridgehead atoms.